The predicted molar refractivity (Wildman–Crippen MR) is 100 cm³/mol. The van der Waals surface area contributed by atoms with Crippen molar-refractivity contribution in [2.75, 3.05) is 17.1 Å². The van der Waals surface area contributed by atoms with Crippen LogP contribution in [0.25, 0.3) is 0 Å². The van der Waals surface area contributed by atoms with Gasteiger partial charge in [0.2, 0.25) is 0 Å². The van der Waals surface area contributed by atoms with Crippen molar-refractivity contribution in [3.8, 4) is 0 Å². The fourth-order valence-corrected chi connectivity index (χ4v) is 3.30. The smallest absolute Gasteiger partial charge is 0.318 e. The van der Waals surface area contributed by atoms with Crippen LogP contribution < -0.4 is 15.4 Å². The summed E-state index contributed by atoms with van der Waals surface area (Å²) in [6.45, 7) is 4.20. The average Bonchev–Trinajstić information content (AvgIpc) is 2.62. The quantitative estimate of drug-likeness (QED) is 0.732. The Morgan fingerprint density at radius 1 is 1.00 bits per heavy atom. The van der Waals surface area contributed by atoms with Crippen molar-refractivity contribution in [2.45, 2.75) is 31.1 Å². The Hall–Kier alpha value is -2.54. The fourth-order valence-electron chi connectivity index (χ4n) is 2.24. The number of amides is 2. The number of rotatable bonds is 6. The van der Waals surface area contributed by atoms with Crippen LogP contribution in [0, 0.1) is 0 Å². The van der Waals surface area contributed by atoms with Crippen LogP contribution >= 0.6 is 0 Å². The van der Waals surface area contributed by atoms with Crippen LogP contribution in [0.3, 0.4) is 0 Å². The normalized spacial score (nSPS) is 12.3. The molecular formula is C18H23N3O3S. The molecule has 7 heteroatoms. The molecule has 0 radical (unpaired) electrons. The number of hydrogen-bond donors (Lipinski definition) is 3. The third kappa shape index (κ3) is 4.96. The lowest BCUT2D eigenvalue weighted by molar-refractivity contribution is 0.254. The molecule has 1 atom stereocenters. The minimum atomic E-state index is -3.65. The lowest BCUT2D eigenvalue weighted by Crippen LogP contribution is -2.24. The SMILES string of the molecule is CCC(C)c1ccc(S(=O)(=O)Nc2ccc(NC(=O)NC)cc2)cc1. The van der Waals surface area contributed by atoms with E-state index in [0.29, 0.717) is 17.3 Å². The Kier molecular flexibility index (Phi) is 6.03. The summed E-state index contributed by atoms with van der Waals surface area (Å²) in [6.07, 6.45) is 1.00. The van der Waals surface area contributed by atoms with E-state index in [1.165, 1.54) is 7.05 Å². The molecular weight excluding hydrogens is 338 g/mol. The first-order valence-corrected chi connectivity index (χ1v) is 9.55. The topological polar surface area (TPSA) is 87.3 Å². The number of nitrogens with one attached hydrogen (secondary N) is 3. The summed E-state index contributed by atoms with van der Waals surface area (Å²) >= 11 is 0. The van der Waals surface area contributed by atoms with Gasteiger partial charge in [0.1, 0.15) is 0 Å². The van der Waals surface area contributed by atoms with Gasteiger partial charge >= 0.3 is 6.03 Å². The molecule has 2 rings (SSSR count). The van der Waals surface area contributed by atoms with Crippen molar-refractivity contribution in [3.05, 3.63) is 54.1 Å². The van der Waals surface area contributed by atoms with Crippen LogP contribution in [0.1, 0.15) is 31.7 Å². The third-order valence-electron chi connectivity index (χ3n) is 3.99. The van der Waals surface area contributed by atoms with Crippen molar-refractivity contribution in [1.82, 2.24) is 5.32 Å². The van der Waals surface area contributed by atoms with Crippen LogP contribution in [0.2, 0.25) is 0 Å². The van der Waals surface area contributed by atoms with E-state index in [9.17, 15) is 13.2 Å². The maximum atomic E-state index is 12.5. The molecule has 134 valence electrons. The first-order chi connectivity index (χ1) is 11.9. The summed E-state index contributed by atoms with van der Waals surface area (Å²) < 4.78 is 27.5. The molecule has 0 aliphatic heterocycles. The average molecular weight is 361 g/mol. The summed E-state index contributed by atoms with van der Waals surface area (Å²) in [5, 5.41) is 5.05. The minimum absolute atomic E-state index is 0.215. The molecule has 6 nitrogen and oxygen atoms in total. The zero-order valence-corrected chi connectivity index (χ0v) is 15.4. The number of carbonyl (C=O) groups is 1. The van der Waals surface area contributed by atoms with Gasteiger partial charge in [0.15, 0.2) is 0 Å². The number of anilines is 2. The molecule has 25 heavy (non-hydrogen) atoms. The van der Waals surface area contributed by atoms with E-state index in [1.54, 1.807) is 36.4 Å². The van der Waals surface area contributed by atoms with E-state index >= 15 is 0 Å². The largest absolute Gasteiger partial charge is 0.341 e. The van der Waals surface area contributed by atoms with Crippen molar-refractivity contribution >= 4 is 27.4 Å². The monoisotopic (exact) mass is 361 g/mol. The van der Waals surface area contributed by atoms with Crippen LogP contribution in [-0.2, 0) is 10.0 Å². The third-order valence-corrected chi connectivity index (χ3v) is 5.39. The van der Waals surface area contributed by atoms with E-state index in [0.717, 1.165) is 12.0 Å². The lowest BCUT2D eigenvalue weighted by Gasteiger charge is -2.12. The van der Waals surface area contributed by atoms with Gasteiger partial charge in [-0.2, -0.15) is 0 Å². The van der Waals surface area contributed by atoms with Crippen molar-refractivity contribution < 1.29 is 13.2 Å². The molecule has 0 spiro atoms. The Labute approximate surface area is 148 Å². The highest BCUT2D eigenvalue weighted by Gasteiger charge is 2.15. The molecule has 2 aromatic rings. The molecule has 0 heterocycles. The van der Waals surface area contributed by atoms with Gasteiger partial charge in [-0.15, -0.1) is 0 Å². The second-order valence-corrected chi connectivity index (χ2v) is 7.45. The predicted octanol–water partition coefficient (Wildman–Crippen LogP) is 3.75. The van der Waals surface area contributed by atoms with Gasteiger partial charge < -0.3 is 10.6 Å². The highest BCUT2D eigenvalue weighted by Crippen LogP contribution is 2.22. The van der Waals surface area contributed by atoms with Gasteiger partial charge in [0.05, 0.1) is 4.90 Å². The van der Waals surface area contributed by atoms with Crippen LogP contribution in [0.15, 0.2) is 53.4 Å². The summed E-state index contributed by atoms with van der Waals surface area (Å²) in [7, 11) is -2.13. The second-order valence-electron chi connectivity index (χ2n) is 5.77. The molecule has 2 amide bonds. The van der Waals surface area contributed by atoms with E-state index < -0.39 is 10.0 Å². The van der Waals surface area contributed by atoms with E-state index in [4.69, 9.17) is 0 Å². The Morgan fingerprint density at radius 2 is 1.56 bits per heavy atom. The van der Waals surface area contributed by atoms with Gasteiger partial charge in [0, 0.05) is 18.4 Å². The van der Waals surface area contributed by atoms with Gasteiger partial charge in [0.25, 0.3) is 10.0 Å². The molecule has 0 bridgehead atoms. The molecule has 1 unspecified atom stereocenters. The van der Waals surface area contributed by atoms with Gasteiger partial charge in [-0.25, -0.2) is 13.2 Å². The first-order valence-electron chi connectivity index (χ1n) is 8.07. The number of hydrogen-bond acceptors (Lipinski definition) is 3. The zero-order chi connectivity index (χ0) is 18.4. The molecule has 0 aromatic heterocycles. The van der Waals surface area contributed by atoms with E-state index in [2.05, 4.69) is 29.2 Å². The van der Waals surface area contributed by atoms with Crippen molar-refractivity contribution in [3.63, 3.8) is 0 Å². The second kappa shape index (κ2) is 8.02. The highest BCUT2D eigenvalue weighted by molar-refractivity contribution is 7.92. The molecule has 3 N–H and O–H groups in total. The highest BCUT2D eigenvalue weighted by atomic mass is 32.2. The van der Waals surface area contributed by atoms with Crippen molar-refractivity contribution in [1.29, 1.82) is 0 Å². The minimum Gasteiger partial charge on any atom is -0.341 e. The number of benzene rings is 2. The van der Waals surface area contributed by atoms with Gasteiger partial charge in [-0.05, 0) is 54.3 Å². The number of carbonyl (C=O) groups excluding carboxylic acids is 1. The summed E-state index contributed by atoms with van der Waals surface area (Å²) in [4.78, 5) is 11.5. The molecule has 0 saturated heterocycles. The van der Waals surface area contributed by atoms with E-state index in [1.807, 2.05) is 12.1 Å². The zero-order valence-electron chi connectivity index (χ0n) is 14.5. The fraction of sp³-hybridized carbons (Fsp3) is 0.278. The molecule has 0 saturated carbocycles. The number of sulfonamides is 1. The Bertz CT molecular complexity index is 816. The van der Waals surface area contributed by atoms with Crippen molar-refractivity contribution in [2.24, 2.45) is 0 Å². The first kappa shape index (κ1) is 18.8. The molecule has 0 aliphatic rings. The Balaban J connectivity index is 2.11. The standard InChI is InChI=1S/C18H23N3O3S/c1-4-13(2)14-5-11-17(12-6-14)25(23,24)21-16-9-7-15(8-10-16)20-18(22)19-3/h5-13,21H,4H2,1-3H3,(H2,19,20,22). The summed E-state index contributed by atoms with van der Waals surface area (Å²) in [5.41, 5.74) is 2.11. The number of urea groups is 1. The van der Waals surface area contributed by atoms with Crippen LogP contribution in [0.4, 0.5) is 16.2 Å². The van der Waals surface area contributed by atoms with E-state index in [-0.39, 0.29) is 10.9 Å². The van der Waals surface area contributed by atoms with Gasteiger partial charge in [-0.3, -0.25) is 4.72 Å². The Morgan fingerprint density at radius 3 is 2.08 bits per heavy atom. The maximum Gasteiger partial charge on any atom is 0.318 e. The van der Waals surface area contributed by atoms with Crippen LogP contribution in [0.5, 0.6) is 0 Å². The molecule has 0 aliphatic carbocycles. The molecule has 0 fully saturated rings. The molecule has 2 aromatic carbocycles. The summed E-state index contributed by atoms with van der Waals surface area (Å²) in [6, 6.07) is 13.0. The maximum absolute atomic E-state index is 12.5. The summed E-state index contributed by atoms with van der Waals surface area (Å²) in [5.74, 6) is 0.394. The van der Waals surface area contributed by atoms with Gasteiger partial charge in [-0.1, -0.05) is 26.0 Å². The van der Waals surface area contributed by atoms with Crippen LogP contribution in [-0.4, -0.2) is 21.5 Å². The lowest BCUT2D eigenvalue weighted by atomic mass is 9.99.